The summed E-state index contributed by atoms with van der Waals surface area (Å²) in [5.74, 6) is 0. The Morgan fingerprint density at radius 1 is 1.29 bits per heavy atom. The van der Waals surface area contributed by atoms with Crippen LogP contribution in [0.2, 0.25) is 0 Å². The Kier molecular flexibility index (Phi) is 59.1. The molecule has 0 saturated heterocycles. The van der Waals surface area contributed by atoms with Crippen LogP contribution in [0, 0.1) is 0 Å². The standard InChI is InChI=1S/CH2O3.Fe.Mg.H2O/c2-1(3)4;;;/h(H2,2,3,4);;;1H2/q;2*+2;/p-3. The van der Waals surface area contributed by atoms with Crippen molar-refractivity contribution < 1.29 is 37.6 Å². The summed E-state index contributed by atoms with van der Waals surface area (Å²) in [4.78, 5) is 8.33. The van der Waals surface area contributed by atoms with Gasteiger partial charge in [-0.15, -0.1) is 0 Å². The fourth-order valence-corrected chi connectivity index (χ4v) is 0. The summed E-state index contributed by atoms with van der Waals surface area (Å²) in [6.45, 7) is 0. The number of hydrogen-bond donors (Lipinski definition) is 0. The minimum absolute atomic E-state index is 0. The molecule has 38 valence electrons. The van der Waals surface area contributed by atoms with Gasteiger partial charge in [-0.25, -0.2) is 0 Å². The average molecular weight is 157 g/mol. The summed E-state index contributed by atoms with van der Waals surface area (Å²) in [6.07, 6.45) is -2.33. The molecule has 0 radical (unpaired) electrons. The number of carboxylic acid groups (broad SMARTS) is 2. The maximum Gasteiger partial charge on any atom is 2.00 e. The monoisotopic (exact) mass is 157 g/mol. The Balaban J connectivity index is -0.0000000150. The summed E-state index contributed by atoms with van der Waals surface area (Å²) < 4.78 is 0. The van der Waals surface area contributed by atoms with Crippen LogP contribution >= 0.6 is 0 Å². The Hall–Kier alpha value is 0.516. The fourth-order valence-electron chi connectivity index (χ4n) is 0. The molecule has 0 spiro atoms. The number of rotatable bonds is 0. The second-order valence-electron chi connectivity index (χ2n) is 0.250. The van der Waals surface area contributed by atoms with Crippen LogP contribution in [0.25, 0.3) is 0 Å². The van der Waals surface area contributed by atoms with E-state index < -0.39 is 6.16 Å². The first-order chi connectivity index (χ1) is 1.73. The summed E-state index contributed by atoms with van der Waals surface area (Å²) in [6, 6.07) is 0. The van der Waals surface area contributed by atoms with E-state index in [2.05, 4.69) is 0 Å². The smallest absolute Gasteiger partial charge is 0.870 e. The Morgan fingerprint density at radius 2 is 1.29 bits per heavy atom. The van der Waals surface area contributed by atoms with E-state index >= 15 is 0 Å². The van der Waals surface area contributed by atoms with Crippen molar-refractivity contribution in [2.45, 2.75) is 0 Å². The van der Waals surface area contributed by atoms with Crippen molar-refractivity contribution in [3.8, 4) is 0 Å². The van der Waals surface area contributed by atoms with Gasteiger partial charge in [0.05, 0.1) is 0 Å². The van der Waals surface area contributed by atoms with E-state index in [1.54, 1.807) is 0 Å². The van der Waals surface area contributed by atoms with E-state index in [1.807, 2.05) is 0 Å². The van der Waals surface area contributed by atoms with Crippen LogP contribution in [-0.4, -0.2) is 34.7 Å². The van der Waals surface area contributed by atoms with Crippen molar-refractivity contribution in [2.24, 2.45) is 0 Å². The molecule has 1 N–H and O–H groups in total. The molecule has 0 aliphatic rings. The summed E-state index contributed by atoms with van der Waals surface area (Å²) in [7, 11) is 0. The van der Waals surface area contributed by atoms with Crippen molar-refractivity contribution in [1.29, 1.82) is 0 Å². The van der Waals surface area contributed by atoms with Crippen LogP contribution < -0.4 is 10.2 Å². The minimum atomic E-state index is -2.33. The molecule has 6 heteroatoms. The zero-order valence-electron chi connectivity index (χ0n) is 3.23. The van der Waals surface area contributed by atoms with Crippen LogP contribution in [0.5, 0.6) is 0 Å². The van der Waals surface area contributed by atoms with Gasteiger partial charge in [0.15, 0.2) is 0 Å². The van der Waals surface area contributed by atoms with Gasteiger partial charge in [0.25, 0.3) is 0 Å². The zero-order chi connectivity index (χ0) is 3.58. The molecule has 0 saturated carbocycles. The van der Waals surface area contributed by atoms with E-state index in [-0.39, 0.29) is 45.6 Å². The van der Waals surface area contributed by atoms with Gasteiger partial charge in [0.2, 0.25) is 0 Å². The molecule has 0 amide bonds. The number of hydrogen-bond acceptors (Lipinski definition) is 4. The first-order valence-corrected chi connectivity index (χ1v) is 0.612. The quantitative estimate of drug-likeness (QED) is 0.350. The van der Waals surface area contributed by atoms with E-state index in [1.165, 1.54) is 0 Å². The third kappa shape index (κ3) is 500. The van der Waals surface area contributed by atoms with Crippen LogP contribution in [0.4, 0.5) is 4.79 Å². The SMILES string of the molecule is O=C([O-])[O-].[Fe+2].[Mg+2].[OH-]. The fraction of sp³-hybridized carbons (Fsp3) is 0. The Bertz CT molecular complexity index is 34.7. The topological polar surface area (TPSA) is 93.2 Å². The second-order valence-corrected chi connectivity index (χ2v) is 0.250. The molecule has 0 heterocycles. The van der Waals surface area contributed by atoms with Gasteiger partial charge in [-0.05, 0) is 6.16 Å². The largest absolute Gasteiger partial charge is 2.00 e. The van der Waals surface area contributed by atoms with Gasteiger partial charge in [-0.1, -0.05) is 0 Å². The van der Waals surface area contributed by atoms with Gasteiger partial charge in [-0.3, -0.25) is 0 Å². The molecule has 0 atom stereocenters. The van der Waals surface area contributed by atoms with Crippen LogP contribution in [0.15, 0.2) is 0 Å². The second kappa shape index (κ2) is 16.0. The molecular weight excluding hydrogens is 156 g/mol. The van der Waals surface area contributed by atoms with E-state index in [4.69, 9.17) is 15.0 Å². The third-order valence-corrected chi connectivity index (χ3v) is 0. The first kappa shape index (κ1) is 25.8. The zero-order valence-corrected chi connectivity index (χ0v) is 5.75. The molecule has 0 bridgehead atoms. The summed E-state index contributed by atoms with van der Waals surface area (Å²) >= 11 is 0. The van der Waals surface area contributed by atoms with Gasteiger partial charge in [0, 0.05) is 0 Å². The third-order valence-electron chi connectivity index (χ3n) is 0. The molecule has 0 aliphatic carbocycles. The molecule has 0 rings (SSSR count). The van der Waals surface area contributed by atoms with E-state index in [0.29, 0.717) is 0 Å². The normalized spacial score (nSPS) is 3.43. The van der Waals surface area contributed by atoms with Crippen molar-refractivity contribution in [3.05, 3.63) is 0 Å². The van der Waals surface area contributed by atoms with Crippen molar-refractivity contribution in [2.75, 3.05) is 0 Å². The molecule has 0 fully saturated rings. The van der Waals surface area contributed by atoms with E-state index in [9.17, 15) is 0 Å². The predicted molar refractivity (Wildman–Crippen MR) is 13.1 cm³/mol. The van der Waals surface area contributed by atoms with Gasteiger partial charge < -0.3 is 20.5 Å². The molecule has 0 aromatic carbocycles. The maximum atomic E-state index is 8.33. The average Bonchev–Trinajstić information content (AvgIpc) is 0.811. The molecule has 0 unspecified atom stereocenters. The van der Waals surface area contributed by atoms with Gasteiger partial charge >= 0.3 is 40.1 Å². The summed E-state index contributed by atoms with van der Waals surface area (Å²) in [5.41, 5.74) is 0. The Morgan fingerprint density at radius 3 is 1.29 bits per heavy atom. The molecule has 0 aliphatic heterocycles. The van der Waals surface area contributed by atoms with Crippen molar-refractivity contribution in [1.82, 2.24) is 0 Å². The molecular formula is CHFeMgO4+. The summed E-state index contributed by atoms with van der Waals surface area (Å²) in [5, 5.41) is 16.7. The number of carbonyl (C=O) groups excluding carboxylic acids is 1. The van der Waals surface area contributed by atoms with Crippen molar-refractivity contribution in [3.63, 3.8) is 0 Å². The van der Waals surface area contributed by atoms with Gasteiger partial charge in [0.1, 0.15) is 0 Å². The van der Waals surface area contributed by atoms with E-state index in [0.717, 1.165) is 0 Å². The van der Waals surface area contributed by atoms with Crippen LogP contribution in [0.1, 0.15) is 0 Å². The Labute approximate surface area is 66.8 Å². The van der Waals surface area contributed by atoms with Gasteiger partial charge in [-0.2, -0.15) is 0 Å². The number of carbonyl (C=O) groups is 1. The first-order valence-electron chi connectivity index (χ1n) is 0.612. The minimum Gasteiger partial charge on any atom is -0.870 e. The maximum absolute atomic E-state index is 8.33. The van der Waals surface area contributed by atoms with Crippen molar-refractivity contribution >= 4 is 29.2 Å². The molecule has 0 aromatic rings. The van der Waals surface area contributed by atoms with Crippen LogP contribution in [-0.2, 0) is 17.1 Å². The molecule has 7 heavy (non-hydrogen) atoms. The molecule has 0 aromatic heterocycles. The predicted octanol–water partition coefficient (Wildman–Crippen LogP) is -3.01. The van der Waals surface area contributed by atoms with Crippen LogP contribution in [0.3, 0.4) is 0 Å². The molecule has 4 nitrogen and oxygen atoms in total.